The SMILES string of the molecule is CCNC(=O)NCC1CCC(C(I)I)CC1. The van der Waals surface area contributed by atoms with E-state index in [-0.39, 0.29) is 6.03 Å². The van der Waals surface area contributed by atoms with Crippen molar-refractivity contribution in [3.8, 4) is 0 Å². The molecule has 0 saturated heterocycles. The lowest BCUT2D eigenvalue weighted by Crippen LogP contribution is -2.39. The number of amides is 2. The highest BCUT2D eigenvalue weighted by molar-refractivity contribution is 14.2. The normalized spacial score (nSPS) is 25.5. The predicted octanol–water partition coefficient (Wildman–Crippen LogP) is 3.31. The first-order chi connectivity index (χ1) is 7.63. The number of carbonyl (C=O) groups excluding carboxylic acids is 1. The summed E-state index contributed by atoms with van der Waals surface area (Å²) in [6.45, 7) is 3.47. The minimum atomic E-state index is -0.0229. The van der Waals surface area contributed by atoms with Gasteiger partial charge in [-0.3, -0.25) is 0 Å². The van der Waals surface area contributed by atoms with Crippen LogP contribution in [0.3, 0.4) is 0 Å². The molecule has 0 aliphatic heterocycles. The monoisotopic (exact) mass is 450 g/mol. The van der Waals surface area contributed by atoms with Gasteiger partial charge in [0, 0.05) is 13.1 Å². The molecule has 0 aromatic carbocycles. The van der Waals surface area contributed by atoms with E-state index in [1.54, 1.807) is 0 Å². The van der Waals surface area contributed by atoms with E-state index in [9.17, 15) is 4.79 Å². The lowest BCUT2D eigenvalue weighted by Gasteiger charge is -2.29. The van der Waals surface area contributed by atoms with Crippen LogP contribution in [0.2, 0.25) is 0 Å². The molecule has 0 unspecified atom stereocenters. The maximum absolute atomic E-state index is 11.2. The predicted molar refractivity (Wildman–Crippen MR) is 84.4 cm³/mol. The molecule has 1 aliphatic carbocycles. The van der Waals surface area contributed by atoms with Crippen molar-refractivity contribution < 1.29 is 4.79 Å². The fourth-order valence-electron chi connectivity index (χ4n) is 2.10. The maximum atomic E-state index is 11.2. The Balaban J connectivity index is 2.15. The fourth-order valence-corrected chi connectivity index (χ4v) is 3.54. The molecule has 5 heteroatoms. The van der Waals surface area contributed by atoms with Gasteiger partial charge in [-0.15, -0.1) is 0 Å². The van der Waals surface area contributed by atoms with Crippen LogP contribution < -0.4 is 10.6 Å². The van der Waals surface area contributed by atoms with Crippen LogP contribution in [0.4, 0.5) is 4.79 Å². The molecule has 1 aliphatic rings. The van der Waals surface area contributed by atoms with E-state index >= 15 is 0 Å². The van der Waals surface area contributed by atoms with Gasteiger partial charge in [-0.1, -0.05) is 45.2 Å². The summed E-state index contributed by atoms with van der Waals surface area (Å²) in [5, 5.41) is 5.70. The highest BCUT2D eigenvalue weighted by Gasteiger charge is 2.24. The quantitative estimate of drug-likeness (QED) is 0.501. The van der Waals surface area contributed by atoms with Gasteiger partial charge in [0.2, 0.25) is 0 Å². The lowest BCUT2D eigenvalue weighted by molar-refractivity contribution is 0.233. The van der Waals surface area contributed by atoms with E-state index in [1.165, 1.54) is 25.7 Å². The number of nitrogens with one attached hydrogen (secondary N) is 2. The number of urea groups is 1. The van der Waals surface area contributed by atoms with Crippen LogP contribution in [0.15, 0.2) is 0 Å². The first kappa shape index (κ1) is 14.8. The van der Waals surface area contributed by atoms with Gasteiger partial charge in [0.25, 0.3) is 0 Å². The zero-order valence-electron chi connectivity index (χ0n) is 9.64. The zero-order chi connectivity index (χ0) is 12.0. The average molecular weight is 450 g/mol. The number of rotatable bonds is 4. The molecule has 0 spiro atoms. The van der Waals surface area contributed by atoms with Crippen LogP contribution in [0.1, 0.15) is 32.6 Å². The summed E-state index contributed by atoms with van der Waals surface area (Å²) in [5.41, 5.74) is 0. The third kappa shape index (κ3) is 5.37. The number of hydrogen-bond donors (Lipinski definition) is 2. The van der Waals surface area contributed by atoms with Crippen molar-refractivity contribution in [2.75, 3.05) is 13.1 Å². The van der Waals surface area contributed by atoms with E-state index in [4.69, 9.17) is 0 Å². The Morgan fingerprint density at radius 3 is 2.38 bits per heavy atom. The van der Waals surface area contributed by atoms with Crippen molar-refractivity contribution in [3.05, 3.63) is 0 Å². The Morgan fingerprint density at radius 1 is 1.25 bits per heavy atom. The van der Waals surface area contributed by atoms with Gasteiger partial charge in [0.15, 0.2) is 0 Å². The molecule has 0 atom stereocenters. The summed E-state index contributed by atoms with van der Waals surface area (Å²) in [4.78, 5) is 11.2. The molecule has 0 bridgehead atoms. The Labute approximate surface area is 125 Å². The summed E-state index contributed by atoms with van der Waals surface area (Å²) in [7, 11) is 0. The third-order valence-corrected chi connectivity index (χ3v) is 5.17. The van der Waals surface area contributed by atoms with Crippen molar-refractivity contribution >= 4 is 51.2 Å². The number of halogens is 2. The molecule has 0 aromatic heterocycles. The lowest BCUT2D eigenvalue weighted by atomic mass is 9.83. The molecule has 1 fully saturated rings. The first-order valence-electron chi connectivity index (χ1n) is 5.93. The van der Waals surface area contributed by atoms with E-state index < -0.39 is 0 Å². The second kappa shape index (κ2) is 7.94. The van der Waals surface area contributed by atoms with Gasteiger partial charge < -0.3 is 10.6 Å². The van der Waals surface area contributed by atoms with Gasteiger partial charge in [0.1, 0.15) is 0 Å². The van der Waals surface area contributed by atoms with Crippen molar-refractivity contribution in [1.29, 1.82) is 0 Å². The summed E-state index contributed by atoms with van der Waals surface area (Å²) in [6.07, 6.45) is 5.16. The Bertz CT molecular complexity index is 216. The van der Waals surface area contributed by atoms with Crippen LogP contribution in [0, 0.1) is 11.8 Å². The van der Waals surface area contributed by atoms with Crippen LogP contribution >= 0.6 is 45.2 Å². The number of hydrogen-bond acceptors (Lipinski definition) is 1. The Hall–Kier alpha value is 0.730. The van der Waals surface area contributed by atoms with Crippen LogP contribution in [-0.2, 0) is 0 Å². The highest BCUT2D eigenvalue weighted by Crippen LogP contribution is 2.36. The molecule has 2 N–H and O–H groups in total. The Kier molecular flexibility index (Phi) is 7.34. The van der Waals surface area contributed by atoms with Crippen LogP contribution in [0.5, 0.6) is 0 Å². The maximum Gasteiger partial charge on any atom is 0.314 e. The van der Waals surface area contributed by atoms with Crippen molar-refractivity contribution in [3.63, 3.8) is 0 Å². The Morgan fingerprint density at radius 2 is 1.88 bits per heavy atom. The first-order valence-corrected chi connectivity index (χ1v) is 8.42. The largest absolute Gasteiger partial charge is 0.338 e. The molecule has 0 aromatic rings. The van der Waals surface area contributed by atoms with E-state index in [0.717, 1.165) is 14.4 Å². The molecule has 0 heterocycles. The summed E-state index contributed by atoms with van der Waals surface area (Å²) in [6, 6.07) is -0.0229. The standard InChI is InChI=1S/C11H20I2N2O/c1-2-14-11(16)15-7-8-3-5-9(6-4-8)10(12)13/h8-10H,2-7H2,1H3,(H2,14,15,16). The second-order valence-electron chi connectivity index (χ2n) is 4.36. The second-order valence-corrected chi connectivity index (χ2v) is 9.42. The zero-order valence-corrected chi connectivity index (χ0v) is 14.0. The summed E-state index contributed by atoms with van der Waals surface area (Å²) in [5.74, 6) is 1.56. The van der Waals surface area contributed by atoms with E-state index in [2.05, 4.69) is 55.8 Å². The van der Waals surface area contributed by atoms with Crippen molar-refractivity contribution in [2.24, 2.45) is 11.8 Å². The molecule has 0 radical (unpaired) electrons. The van der Waals surface area contributed by atoms with E-state index in [1.807, 2.05) is 6.92 Å². The van der Waals surface area contributed by atoms with Gasteiger partial charge in [-0.05, 0) is 44.4 Å². The van der Waals surface area contributed by atoms with Crippen molar-refractivity contribution in [1.82, 2.24) is 10.6 Å². The van der Waals surface area contributed by atoms with Crippen LogP contribution in [0.25, 0.3) is 0 Å². The smallest absolute Gasteiger partial charge is 0.314 e. The molecular weight excluding hydrogens is 430 g/mol. The summed E-state index contributed by atoms with van der Waals surface area (Å²) >= 11 is 5.04. The molecule has 1 saturated carbocycles. The molecule has 2 amide bonds. The van der Waals surface area contributed by atoms with Gasteiger partial charge >= 0.3 is 6.03 Å². The van der Waals surface area contributed by atoms with Gasteiger partial charge in [-0.25, -0.2) is 4.79 Å². The average Bonchev–Trinajstić information content (AvgIpc) is 2.27. The number of carbonyl (C=O) groups is 1. The molecule has 3 nitrogen and oxygen atoms in total. The fraction of sp³-hybridized carbons (Fsp3) is 0.909. The van der Waals surface area contributed by atoms with Gasteiger partial charge in [-0.2, -0.15) is 0 Å². The minimum absolute atomic E-state index is 0.0229. The summed E-state index contributed by atoms with van der Waals surface area (Å²) < 4.78 is 0.757. The number of alkyl halides is 2. The topological polar surface area (TPSA) is 41.1 Å². The third-order valence-electron chi connectivity index (χ3n) is 3.14. The van der Waals surface area contributed by atoms with Crippen molar-refractivity contribution in [2.45, 2.75) is 34.5 Å². The van der Waals surface area contributed by atoms with E-state index in [0.29, 0.717) is 12.5 Å². The highest BCUT2D eigenvalue weighted by atomic mass is 127. The molecule has 94 valence electrons. The van der Waals surface area contributed by atoms with Gasteiger partial charge in [0.05, 0.1) is 1.93 Å². The molecular formula is C11H20I2N2O. The molecule has 1 rings (SSSR count). The van der Waals surface area contributed by atoms with Crippen LogP contribution in [-0.4, -0.2) is 21.1 Å². The minimum Gasteiger partial charge on any atom is -0.338 e. The molecule has 16 heavy (non-hydrogen) atoms.